The molecule has 0 aliphatic heterocycles. The quantitative estimate of drug-likeness (QED) is 0.695. The number of hydrogen-bond donors (Lipinski definition) is 1. The first-order valence-corrected chi connectivity index (χ1v) is 4.52. The molecule has 0 fully saturated rings. The van der Waals surface area contributed by atoms with E-state index in [-0.39, 0.29) is 22.4 Å². The van der Waals surface area contributed by atoms with Gasteiger partial charge in [-0.05, 0) is 0 Å². The summed E-state index contributed by atoms with van der Waals surface area (Å²) in [7, 11) is 0. The Balaban J connectivity index is 3.88. The Labute approximate surface area is 72.4 Å². The molecular weight excluding hydrogens is 160 g/mol. The average molecular weight is 176 g/mol. The summed E-state index contributed by atoms with van der Waals surface area (Å²) in [5.41, 5.74) is 0. The van der Waals surface area contributed by atoms with Crippen LogP contribution in [0.1, 0.15) is 27.7 Å². The lowest BCUT2D eigenvalue weighted by molar-refractivity contribution is -0.114. The van der Waals surface area contributed by atoms with Crippen LogP contribution in [0.3, 0.4) is 0 Å². The molecule has 0 spiro atoms. The molecule has 0 aromatic rings. The zero-order chi connectivity index (χ0) is 9.07. The highest BCUT2D eigenvalue weighted by molar-refractivity contribution is 8.14. The summed E-state index contributed by atoms with van der Waals surface area (Å²) >= 11 is 1.29. The summed E-state index contributed by atoms with van der Waals surface area (Å²) in [6, 6.07) is 0. The Morgan fingerprint density at radius 3 is 2.27 bits per heavy atom. The Morgan fingerprint density at radius 1 is 1.55 bits per heavy atom. The third-order valence-corrected chi connectivity index (χ3v) is 2.30. The van der Waals surface area contributed by atoms with Gasteiger partial charge in [-0.1, -0.05) is 39.5 Å². The lowest BCUT2D eigenvalue weighted by atomic mass is 10.2. The molecule has 0 aliphatic carbocycles. The molecule has 1 N–H and O–H groups in total. The molecule has 0 aromatic carbocycles. The normalized spacial score (nSPS) is 14.6. The van der Waals surface area contributed by atoms with Gasteiger partial charge in [-0.15, -0.1) is 0 Å². The monoisotopic (exact) mass is 176 g/mol. The van der Waals surface area contributed by atoms with Gasteiger partial charge in [0.1, 0.15) is 0 Å². The summed E-state index contributed by atoms with van der Waals surface area (Å²) in [5, 5.41) is 8.74. The van der Waals surface area contributed by atoms with E-state index in [1.54, 1.807) is 6.92 Å². The second kappa shape index (κ2) is 4.12. The minimum absolute atomic E-state index is 0.0412. The van der Waals surface area contributed by atoms with Crippen molar-refractivity contribution in [2.24, 2.45) is 5.92 Å². The summed E-state index contributed by atoms with van der Waals surface area (Å²) in [6.07, 6.45) is 0. The maximum Gasteiger partial charge on any atom is 0.194 e. The van der Waals surface area contributed by atoms with Crippen molar-refractivity contribution in [3.63, 3.8) is 0 Å². The van der Waals surface area contributed by atoms with Crippen LogP contribution < -0.4 is 0 Å². The van der Waals surface area contributed by atoms with Crippen LogP contribution >= 0.6 is 11.8 Å². The van der Waals surface area contributed by atoms with Crippen molar-refractivity contribution in [3.05, 3.63) is 0 Å². The van der Waals surface area contributed by atoms with Gasteiger partial charge in [-0.2, -0.15) is 0 Å². The molecule has 0 aliphatic rings. The lowest BCUT2D eigenvalue weighted by Crippen LogP contribution is -2.18. The van der Waals surface area contributed by atoms with Crippen LogP contribution in [0, 0.1) is 5.92 Å². The molecule has 0 saturated carbocycles. The van der Waals surface area contributed by atoms with Crippen molar-refractivity contribution in [2.45, 2.75) is 32.4 Å². The first-order chi connectivity index (χ1) is 4.87. The first-order valence-electron chi connectivity index (χ1n) is 3.70. The standard InChI is InChI=1S/C8H16O2S/c1-6(5-9)7(10)11-8(2,3)4/h6,9H,5H2,1-4H3/t6-/m1/s1. The fraction of sp³-hybridized carbons (Fsp3) is 0.875. The molecule has 0 radical (unpaired) electrons. The second-order valence-corrected chi connectivity index (χ2v) is 5.45. The molecular formula is C8H16O2S. The van der Waals surface area contributed by atoms with Gasteiger partial charge in [0.25, 0.3) is 0 Å². The molecule has 0 amide bonds. The average Bonchev–Trinajstić information content (AvgIpc) is 1.82. The van der Waals surface area contributed by atoms with Crippen molar-refractivity contribution in [1.82, 2.24) is 0 Å². The molecule has 1 atom stereocenters. The number of rotatable bonds is 2. The van der Waals surface area contributed by atoms with E-state index in [9.17, 15) is 4.79 Å². The predicted octanol–water partition coefficient (Wildman–Crippen LogP) is 1.67. The van der Waals surface area contributed by atoms with Gasteiger partial charge >= 0.3 is 0 Å². The van der Waals surface area contributed by atoms with Gasteiger partial charge < -0.3 is 5.11 Å². The first kappa shape index (κ1) is 11.0. The van der Waals surface area contributed by atoms with Crippen molar-refractivity contribution < 1.29 is 9.90 Å². The van der Waals surface area contributed by atoms with Crippen molar-refractivity contribution >= 4 is 16.9 Å². The van der Waals surface area contributed by atoms with Gasteiger partial charge in [-0.3, -0.25) is 4.79 Å². The van der Waals surface area contributed by atoms with Crippen molar-refractivity contribution in [3.8, 4) is 0 Å². The van der Waals surface area contributed by atoms with Gasteiger partial charge in [-0.25, -0.2) is 0 Å². The third-order valence-electron chi connectivity index (χ3n) is 1.08. The number of hydrogen-bond acceptors (Lipinski definition) is 3. The van der Waals surface area contributed by atoms with Crippen molar-refractivity contribution in [2.75, 3.05) is 6.61 Å². The van der Waals surface area contributed by atoms with E-state index in [4.69, 9.17) is 5.11 Å². The highest BCUT2D eigenvalue weighted by atomic mass is 32.2. The fourth-order valence-electron chi connectivity index (χ4n) is 0.477. The number of thioether (sulfide) groups is 1. The van der Waals surface area contributed by atoms with Gasteiger partial charge in [0, 0.05) is 10.7 Å². The van der Waals surface area contributed by atoms with Gasteiger partial charge in [0.05, 0.1) is 6.61 Å². The van der Waals surface area contributed by atoms with E-state index in [0.29, 0.717) is 0 Å². The summed E-state index contributed by atoms with van der Waals surface area (Å²) in [5.74, 6) is -0.237. The van der Waals surface area contributed by atoms with Crippen molar-refractivity contribution in [1.29, 1.82) is 0 Å². The number of carbonyl (C=O) groups excluding carboxylic acids is 1. The second-order valence-electron chi connectivity index (χ2n) is 3.62. The Bertz CT molecular complexity index is 138. The number of aliphatic hydroxyl groups excluding tert-OH is 1. The lowest BCUT2D eigenvalue weighted by Gasteiger charge is -2.17. The maximum absolute atomic E-state index is 11.2. The number of aliphatic hydroxyl groups is 1. The molecule has 0 saturated heterocycles. The molecule has 11 heavy (non-hydrogen) atoms. The molecule has 3 heteroatoms. The molecule has 2 nitrogen and oxygen atoms in total. The zero-order valence-electron chi connectivity index (χ0n) is 7.55. The molecule has 0 heterocycles. The van der Waals surface area contributed by atoms with Gasteiger partial charge in [0.15, 0.2) is 5.12 Å². The van der Waals surface area contributed by atoms with E-state index in [1.807, 2.05) is 20.8 Å². The zero-order valence-corrected chi connectivity index (χ0v) is 8.36. The molecule has 66 valence electrons. The van der Waals surface area contributed by atoms with Crippen LogP contribution in [0.4, 0.5) is 0 Å². The Morgan fingerprint density at radius 2 is 2.00 bits per heavy atom. The summed E-state index contributed by atoms with van der Waals surface area (Å²) in [6.45, 7) is 7.64. The maximum atomic E-state index is 11.2. The Hall–Kier alpha value is -0.0200. The minimum atomic E-state index is -0.237. The highest BCUT2D eigenvalue weighted by Crippen LogP contribution is 2.26. The van der Waals surface area contributed by atoms with E-state index >= 15 is 0 Å². The predicted molar refractivity (Wildman–Crippen MR) is 48.6 cm³/mol. The SMILES string of the molecule is C[C@H](CO)C(=O)SC(C)(C)C. The topological polar surface area (TPSA) is 37.3 Å². The Kier molecular flexibility index (Phi) is 4.11. The number of carbonyl (C=O) groups is 1. The smallest absolute Gasteiger partial charge is 0.194 e. The highest BCUT2D eigenvalue weighted by Gasteiger charge is 2.20. The van der Waals surface area contributed by atoms with Crippen LogP contribution in [-0.4, -0.2) is 21.6 Å². The molecule has 0 unspecified atom stereocenters. The molecule has 0 aromatic heterocycles. The summed E-state index contributed by atoms with van der Waals surface area (Å²) < 4.78 is -0.0412. The van der Waals surface area contributed by atoms with Crippen LogP contribution in [0.2, 0.25) is 0 Å². The van der Waals surface area contributed by atoms with Crippen LogP contribution in [0.5, 0.6) is 0 Å². The summed E-state index contributed by atoms with van der Waals surface area (Å²) in [4.78, 5) is 11.2. The fourth-order valence-corrected chi connectivity index (χ4v) is 1.36. The third kappa shape index (κ3) is 5.27. The minimum Gasteiger partial charge on any atom is -0.396 e. The van der Waals surface area contributed by atoms with E-state index in [1.165, 1.54) is 11.8 Å². The molecule has 0 rings (SSSR count). The van der Waals surface area contributed by atoms with E-state index < -0.39 is 0 Å². The van der Waals surface area contributed by atoms with E-state index in [0.717, 1.165) is 0 Å². The van der Waals surface area contributed by atoms with Crippen LogP contribution in [-0.2, 0) is 4.79 Å². The molecule has 0 bridgehead atoms. The van der Waals surface area contributed by atoms with Gasteiger partial charge in [0.2, 0.25) is 0 Å². The van der Waals surface area contributed by atoms with Crippen LogP contribution in [0.25, 0.3) is 0 Å². The van der Waals surface area contributed by atoms with Crippen LogP contribution in [0.15, 0.2) is 0 Å². The van der Waals surface area contributed by atoms with E-state index in [2.05, 4.69) is 0 Å². The largest absolute Gasteiger partial charge is 0.396 e.